The van der Waals surface area contributed by atoms with Gasteiger partial charge in [-0.25, -0.2) is 4.79 Å². The number of hydrogen-bond acceptors (Lipinski definition) is 3. The average Bonchev–Trinajstić information content (AvgIpc) is 3.33. The Morgan fingerprint density at radius 2 is 1.59 bits per heavy atom. The number of carboxylic acid groups (broad SMARTS) is 1. The lowest BCUT2D eigenvalue weighted by Crippen LogP contribution is -2.28. The molecule has 4 rings (SSSR count). The van der Waals surface area contributed by atoms with Gasteiger partial charge < -0.3 is 15.3 Å². The van der Waals surface area contributed by atoms with Gasteiger partial charge >= 0.3 is 5.97 Å². The molecular weight excluding hydrogens is 404 g/mol. The predicted octanol–water partition coefficient (Wildman–Crippen LogP) is 4.59. The molecule has 6 nitrogen and oxygen atoms in total. The average molecular weight is 426 g/mol. The first-order valence-corrected chi connectivity index (χ1v) is 10.2. The van der Waals surface area contributed by atoms with Crippen LogP contribution < -0.4 is 5.32 Å². The zero-order chi connectivity index (χ0) is 22.7. The Hall–Kier alpha value is -4.19. The van der Waals surface area contributed by atoms with Crippen LogP contribution in [0.4, 0.5) is 5.69 Å². The number of fused-ring (bicyclic) bond motifs is 1. The maximum Gasteiger partial charge on any atom is 0.337 e. The molecular formula is C26H22N2O4. The van der Waals surface area contributed by atoms with Crippen LogP contribution in [0.2, 0.25) is 0 Å². The molecule has 0 saturated heterocycles. The van der Waals surface area contributed by atoms with E-state index in [0.29, 0.717) is 18.7 Å². The minimum atomic E-state index is -1.18. The van der Waals surface area contributed by atoms with Crippen molar-refractivity contribution in [3.05, 3.63) is 95.6 Å². The van der Waals surface area contributed by atoms with Gasteiger partial charge in [-0.05, 0) is 53.1 Å². The Bertz CT molecular complexity index is 1280. The molecule has 0 atom stereocenters. The van der Waals surface area contributed by atoms with Crippen molar-refractivity contribution in [2.45, 2.75) is 6.92 Å². The van der Waals surface area contributed by atoms with E-state index in [1.807, 2.05) is 61.5 Å². The van der Waals surface area contributed by atoms with Crippen LogP contribution in [-0.4, -0.2) is 40.9 Å². The Labute approximate surface area is 185 Å². The maximum absolute atomic E-state index is 12.7. The van der Waals surface area contributed by atoms with Crippen LogP contribution in [0, 0.1) is 0 Å². The van der Waals surface area contributed by atoms with Gasteiger partial charge in [0.05, 0.1) is 11.3 Å². The zero-order valence-electron chi connectivity index (χ0n) is 17.5. The van der Waals surface area contributed by atoms with E-state index in [-0.39, 0.29) is 17.2 Å². The lowest BCUT2D eigenvalue weighted by Gasteiger charge is -2.16. The number of hydrogen-bond donors (Lipinski definition) is 2. The van der Waals surface area contributed by atoms with Gasteiger partial charge in [0.15, 0.2) is 0 Å². The van der Waals surface area contributed by atoms with Crippen molar-refractivity contribution in [2.75, 3.05) is 18.4 Å². The summed E-state index contributed by atoms with van der Waals surface area (Å²) in [5.74, 6) is -1.87. The van der Waals surface area contributed by atoms with Crippen molar-refractivity contribution in [3.8, 4) is 0 Å². The van der Waals surface area contributed by atoms with Crippen LogP contribution >= 0.6 is 0 Å². The number of amides is 2. The van der Waals surface area contributed by atoms with Gasteiger partial charge in [-0.2, -0.15) is 0 Å². The van der Waals surface area contributed by atoms with E-state index in [9.17, 15) is 19.5 Å². The molecule has 1 aliphatic heterocycles. The highest BCUT2D eigenvalue weighted by molar-refractivity contribution is 6.08. The molecule has 2 amide bonds. The number of aromatic carboxylic acids is 1. The number of carbonyl (C=O) groups is 3. The summed E-state index contributed by atoms with van der Waals surface area (Å²) >= 11 is 0. The van der Waals surface area contributed by atoms with E-state index in [2.05, 4.69) is 5.32 Å². The molecule has 0 spiro atoms. The minimum Gasteiger partial charge on any atom is -0.478 e. The number of nitrogens with one attached hydrogen (secondary N) is 1. The number of nitrogens with zero attached hydrogens (tertiary/aromatic N) is 1. The first-order valence-electron chi connectivity index (χ1n) is 10.2. The van der Waals surface area contributed by atoms with E-state index < -0.39 is 11.9 Å². The van der Waals surface area contributed by atoms with Crippen molar-refractivity contribution in [2.24, 2.45) is 0 Å². The number of carbonyl (C=O) groups excluding carboxylic acids is 2. The SMILES string of the molecule is C/C(=C/C(=O)Nc1cc(C(=O)N2CC=CC2)ccc1C(=O)O)c1ccc2ccccc2c1. The van der Waals surface area contributed by atoms with Gasteiger partial charge in [0.2, 0.25) is 5.91 Å². The molecule has 3 aromatic carbocycles. The third-order valence-corrected chi connectivity index (χ3v) is 5.41. The summed E-state index contributed by atoms with van der Waals surface area (Å²) in [6, 6.07) is 18.1. The van der Waals surface area contributed by atoms with Crippen LogP contribution in [0.1, 0.15) is 33.2 Å². The lowest BCUT2D eigenvalue weighted by atomic mass is 10.0. The van der Waals surface area contributed by atoms with Crippen molar-refractivity contribution < 1.29 is 19.5 Å². The van der Waals surface area contributed by atoms with Crippen molar-refractivity contribution in [3.63, 3.8) is 0 Å². The molecule has 0 unspecified atom stereocenters. The molecule has 0 saturated carbocycles. The van der Waals surface area contributed by atoms with Gasteiger partial charge in [-0.15, -0.1) is 0 Å². The largest absolute Gasteiger partial charge is 0.478 e. The Morgan fingerprint density at radius 3 is 2.31 bits per heavy atom. The summed E-state index contributed by atoms with van der Waals surface area (Å²) in [4.78, 5) is 38.6. The van der Waals surface area contributed by atoms with Gasteiger partial charge in [0.25, 0.3) is 5.91 Å². The lowest BCUT2D eigenvalue weighted by molar-refractivity contribution is -0.111. The number of rotatable bonds is 5. The van der Waals surface area contributed by atoms with Gasteiger partial charge in [0, 0.05) is 24.7 Å². The summed E-state index contributed by atoms with van der Waals surface area (Å²) in [6.45, 7) is 2.84. The van der Waals surface area contributed by atoms with Crippen molar-refractivity contribution in [1.82, 2.24) is 4.90 Å². The topological polar surface area (TPSA) is 86.7 Å². The van der Waals surface area contributed by atoms with Crippen LogP contribution in [0.25, 0.3) is 16.3 Å². The molecule has 160 valence electrons. The quantitative estimate of drug-likeness (QED) is 0.461. The summed E-state index contributed by atoms with van der Waals surface area (Å²) in [5, 5.41) is 14.3. The zero-order valence-corrected chi connectivity index (χ0v) is 17.5. The second-order valence-corrected chi connectivity index (χ2v) is 7.63. The smallest absolute Gasteiger partial charge is 0.337 e. The molecule has 32 heavy (non-hydrogen) atoms. The molecule has 2 N–H and O–H groups in total. The van der Waals surface area contributed by atoms with Crippen LogP contribution in [-0.2, 0) is 4.79 Å². The van der Waals surface area contributed by atoms with Crippen LogP contribution in [0.5, 0.6) is 0 Å². The molecule has 0 radical (unpaired) electrons. The van der Waals surface area contributed by atoms with Crippen molar-refractivity contribution >= 4 is 39.8 Å². The summed E-state index contributed by atoms with van der Waals surface area (Å²) in [6.07, 6.45) is 5.22. The Kier molecular flexibility index (Phi) is 5.85. The molecule has 0 bridgehead atoms. The molecule has 1 aliphatic rings. The standard InChI is InChI=1S/C26H22N2O4/c1-17(19-9-8-18-6-2-3-7-20(18)15-19)14-24(29)27-23-16-21(10-11-22(23)26(31)32)25(30)28-12-4-5-13-28/h2-11,14-16H,12-13H2,1H3,(H,27,29)(H,31,32)/b17-14-. The van der Waals surface area contributed by atoms with E-state index in [4.69, 9.17) is 0 Å². The number of anilines is 1. The fraction of sp³-hybridized carbons (Fsp3) is 0.115. The van der Waals surface area contributed by atoms with E-state index >= 15 is 0 Å². The molecule has 1 heterocycles. The van der Waals surface area contributed by atoms with Gasteiger partial charge in [-0.1, -0.05) is 48.6 Å². The van der Waals surface area contributed by atoms with Crippen molar-refractivity contribution in [1.29, 1.82) is 0 Å². The predicted molar refractivity (Wildman–Crippen MR) is 125 cm³/mol. The van der Waals surface area contributed by atoms with Crippen LogP contribution in [0.15, 0.2) is 78.9 Å². The number of allylic oxidation sites excluding steroid dienone is 1. The normalized spacial score (nSPS) is 13.4. The van der Waals surface area contributed by atoms with Gasteiger partial charge in [0.1, 0.15) is 0 Å². The van der Waals surface area contributed by atoms with E-state index in [1.54, 1.807) is 4.90 Å². The number of carboxylic acids is 1. The fourth-order valence-corrected chi connectivity index (χ4v) is 3.68. The summed E-state index contributed by atoms with van der Waals surface area (Å²) in [5.41, 5.74) is 1.96. The fourth-order valence-electron chi connectivity index (χ4n) is 3.68. The highest BCUT2D eigenvalue weighted by Gasteiger charge is 2.20. The molecule has 3 aromatic rings. The molecule has 0 aliphatic carbocycles. The highest BCUT2D eigenvalue weighted by Crippen LogP contribution is 2.23. The third-order valence-electron chi connectivity index (χ3n) is 5.41. The molecule has 6 heteroatoms. The highest BCUT2D eigenvalue weighted by atomic mass is 16.4. The first kappa shape index (κ1) is 21.1. The van der Waals surface area contributed by atoms with E-state index in [0.717, 1.165) is 21.9 Å². The van der Waals surface area contributed by atoms with Gasteiger partial charge in [-0.3, -0.25) is 9.59 Å². The Morgan fingerprint density at radius 1 is 0.906 bits per heavy atom. The maximum atomic E-state index is 12.7. The molecule has 0 fully saturated rings. The third kappa shape index (κ3) is 4.44. The second kappa shape index (κ2) is 8.89. The summed E-state index contributed by atoms with van der Waals surface area (Å²) < 4.78 is 0. The Balaban J connectivity index is 1.58. The second-order valence-electron chi connectivity index (χ2n) is 7.63. The monoisotopic (exact) mass is 426 g/mol. The first-order chi connectivity index (χ1) is 15.4. The van der Waals surface area contributed by atoms with Crippen LogP contribution in [0.3, 0.4) is 0 Å². The van der Waals surface area contributed by atoms with E-state index in [1.165, 1.54) is 24.3 Å². The summed E-state index contributed by atoms with van der Waals surface area (Å²) in [7, 11) is 0. The molecule has 0 aromatic heterocycles. The number of benzene rings is 3. The minimum absolute atomic E-state index is 0.0776.